The molecule has 1 saturated heterocycles. The van der Waals surface area contributed by atoms with E-state index in [1.807, 2.05) is 0 Å². The van der Waals surface area contributed by atoms with Crippen molar-refractivity contribution in [3.63, 3.8) is 0 Å². The smallest absolute Gasteiger partial charge is 0.313 e. The predicted octanol–water partition coefficient (Wildman–Crippen LogP) is 3.24. The summed E-state index contributed by atoms with van der Waals surface area (Å²) in [5.74, 6) is -0.483. The van der Waals surface area contributed by atoms with Gasteiger partial charge in [0.2, 0.25) is 0 Å². The highest BCUT2D eigenvalue weighted by atomic mass is 16.2. The van der Waals surface area contributed by atoms with Crippen LogP contribution in [0.3, 0.4) is 0 Å². The molecule has 2 heterocycles. The maximum Gasteiger partial charge on any atom is 0.313 e. The largest absolute Gasteiger partial charge is 0.334 e. The SMILES string of the molecule is CC(C)(C)[C@H]1CCCN(C(=O)C(=O)Nc2ccc3nccnc3c2)CC1. The fourth-order valence-corrected chi connectivity index (χ4v) is 3.53. The van der Waals surface area contributed by atoms with Gasteiger partial charge < -0.3 is 10.2 Å². The van der Waals surface area contributed by atoms with Crippen molar-refractivity contribution in [3.8, 4) is 0 Å². The number of aromatic nitrogens is 2. The Morgan fingerprint density at radius 3 is 2.54 bits per heavy atom. The molecule has 1 aromatic heterocycles. The van der Waals surface area contributed by atoms with Gasteiger partial charge in [0.1, 0.15) is 0 Å². The van der Waals surface area contributed by atoms with Gasteiger partial charge in [0.25, 0.3) is 0 Å². The average molecular weight is 354 g/mol. The van der Waals surface area contributed by atoms with E-state index in [1.165, 1.54) is 0 Å². The van der Waals surface area contributed by atoms with Gasteiger partial charge in [0.15, 0.2) is 0 Å². The van der Waals surface area contributed by atoms with Crippen LogP contribution < -0.4 is 5.32 Å². The van der Waals surface area contributed by atoms with Crippen LogP contribution in [0, 0.1) is 11.3 Å². The Morgan fingerprint density at radius 1 is 1.08 bits per heavy atom. The van der Waals surface area contributed by atoms with Crippen molar-refractivity contribution in [2.45, 2.75) is 40.0 Å². The third-order valence-electron chi connectivity index (χ3n) is 5.16. The van der Waals surface area contributed by atoms with Crippen LogP contribution in [0.15, 0.2) is 30.6 Å². The minimum atomic E-state index is -0.595. The molecule has 3 rings (SSSR count). The van der Waals surface area contributed by atoms with E-state index in [1.54, 1.807) is 35.5 Å². The zero-order chi connectivity index (χ0) is 18.7. The minimum absolute atomic E-state index is 0.230. The molecule has 26 heavy (non-hydrogen) atoms. The summed E-state index contributed by atoms with van der Waals surface area (Å²) < 4.78 is 0. The molecule has 1 aliphatic heterocycles. The van der Waals surface area contributed by atoms with Crippen LogP contribution in [0.1, 0.15) is 40.0 Å². The lowest BCUT2D eigenvalue weighted by Gasteiger charge is -2.29. The Labute approximate surface area is 154 Å². The number of fused-ring (bicyclic) bond motifs is 1. The van der Waals surface area contributed by atoms with Crippen LogP contribution in [0.25, 0.3) is 11.0 Å². The first-order valence-electron chi connectivity index (χ1n) is 9.15. The van der Waals surface area contributed by atoms with Crippen LogP contribution in [0.5, 0.6) is 0 Å². The van der Waals surface area contributed by atoms with Gasteiger partial charge in [0.05, 0.1) is 11.0 Å². The van der Waals surface area contributed by atoms with E-state index in [0.717, 1.165) is 24.8 Å². The van der Waals surface area contributed by atoms with E-state index < -0.39 is 11.8 Å². The highest BCUT2D eigenvalue weighted by Gasteiger charge is 2.30. The van der Waals surface area contributed by atoms with E-state index in [4.69, 9.17) is 0 Å². The molecular weight excluding hydrogens is 328 g/mol. The van der Waals surface area contributed by atoms with Crippen molar-refractivity contribution in [2.75, 3.05) is 18.4 Å². The van der Waals surface area contributed by atoms with Crippen LogP contribution in [0.4, 0.5) is 5.69 Å². The quantitative estimate of drug-likeness (QED) is 0.798. The first kappa shape index (κ1) is 18.3. The third kappa shape index (κ3) is 4.18. The van der Waals surface area contributed by atoms with Gasteiger partial charge in [-0.25, -0.2) is 0 Å². The highest BCUT2D eigenvalue weighted by molar-refractivity contribution is 6.39. The molecule has 138 valence electrons. The van der Waals surface area contributed by atoms with Gasteiger partial charge in [-0.1, -0.05) is 20.8 Å². The number of rotatable bonds is 1. The second kappa shape index (κ2) is 7.40. The number of amides is 2. The highest BCUT2D eigenvalue weighted by Crippen LogP contribution is 2.34. The average Bonchev–Trinajstić information content (AvgIpc) is 2.87. The molecule has 0 saturated carbocycles. The number of likely N-dealkylation sites (tertiary alicyclic amines) is 1. The summed E-state index contributed by atoms with van der Waals surface area (Å²) in [5, 5.41) is 2.70. The number of carbonyl (C=O) groups excluding carboxylic acids is 2. The van der Waals surface area contributed by atoms with Gasteiger partial charge in [-0.05, 0) is 48.8 Å². The Morgan fingerprint density at radius 2 is 1.81 bits per heavy atom. The standard InChI is InChI=1S/C20H26N4O2/c1-20(2,3)14-5-4-11-24(12-8-14)19(26)18(25)23-15-6-7-16-17(13-15)22-10-9-21-16/h6-7,9-10,13-14H,4-5,8,11-12H2,1-3H3,(H,23,25)/t14-/m0/s1. The lowest BCUT2D eigenvalue weighted by molar-refractivity contribution is -0.143. The number of hydrogen-bond acceptors (Lipinski definition) is 4. The first-order chi connectivity index (χ1) is 12.3. The van der Waals surface area contributed by atoms with Crippen molar-refractivity contribution in [1.82, 2.24) is 14.9 Å². The summed E-state index contributed by atoms with van der Waals surface area (Å²) in [7, 11) is 0. The summed E-state index contributed by atoms with van der Waals surface area (Å²) in [6, 6.07) is 5.24. The molecule has 0 bridgehead atoms. The molecule has 1 aromatic carbocycles. The van der Waals surface area contributed by atoms with Crippen LogP contribution in [-0.2, 0) is 9.59 Å². The first-order valence-corrected chi connectivity index (χ1v) is 9.15. The number of benzene rings is 1. The van der Waals surface area contributed by atoms with Crippen LogP contribution in [0.2, 0.25) is 0 Å². The van der Waals surface area contributed by atoms with Crippen LogP contribution in [-0.4, -0.2) is 39.8 Å². The zero-order valence-corrected chi connectivity index (χ0v) is 15.7. The van der Waals surface area contributed by atoms with Crippen molar-refractivity contribution < 1.29 is 9.59 Å². The summed E-state index contributed by atoms with van der Waals surface area (Å²) in [6.45, 7) is 8.00. The lowest BCUT2D eigenvalue weighted by atomic mass is 9.77. The van der Waals surface area contributed by atoms with Gasteiger partial charge in [-0.15, -0.1) is 0 Å². The summed E-state index contributed by atoms with van der Waals surface area (Å²) in [6.07, 6.45) is 6.19. The Hall–Kier alpha value is -2.50. The minimum Gasteiger partial charge on any atom is -0.334 e. The molecule has 1 atom stereocenters. The van der Waals surface area contributed by atoms with E-state index in [2.05, 4.69) is 36.1 Å². The van der Waals surface area contributed by atoms with Gasteiger partial charge >= 0.3 is 11.8 Å². The summed E-state index contributed by atoms with van der Waals surface area (Å²) in [4.78, 5) is 35.1. The van der Waals surface area contributed by atoms with Crippen LogP contribution >= 0.6 is 0 Å². The number of nitrogens with zero attached hydrogens (tertiary/aromatic N) is 3. The molecule has 6 heteroatoms. The molecule has 0 spiro atoms. The van der Waals surface area contributed by atoms with Crippen molar-refractivity contribution in [3.05, 3.63) is 30.6 Å². The molecule has 0 radical (unpaired) electrons. The topological polar surface area (TPSA) is 75.2 Å². The molecule has 1 fully saturated rings. The van der Waals surface area contributed by atoms with E-state index in [9.17, 15) is 9.59 Å². The molecule has 0 aliphatic carbocycles. The van der Waals surface area contributed by atoms with Gasteiger partial charge in [0, 0.05) is 31.2 Å². The maximum absolute atomic E-state index is 12.6. The Bertz CT molecular complexity index is 813. The fourth-order valence-electron chi connectivity index (χ4n) is 3.53. The third-order valence-corrected chi connectivity index (χ3v) is 5.16. The maximum atomic E-state index is 12.6. The lowest BCUT2D eigenvalue weighted by Crippen LogP contribution is -2.40. The van der Waals surface area contributed by atoms with Crippen molar-refractivity contribution in [1.29, 1.82) is 0 Å². The fraction of sp³-hybridized carbons (Fsp3) is 0.500. The van der Waals surface area contributed by atoms with E-state index in [-0.39, 0.29) is 5.41 Å². The normalized spacial score (nSPS) is 18.4. The van der Waals surface area contributed by atoms with E-state index in [0.29, 0.717) is 30.2 Å². The second-order valence-electron chi connectivity index (χ2n) is 8.00. The van der Waals surface area contributed by atoms with Crippen molar-refractivity contribution >= 4 is 28.5 Å². The monoisotopic (exact) mass is 354 g/mol. The number of anilines is 1. The molecule has 0 unspecified atom stereocenters. The predicted molar refractivity (Wildman–Crippen MR) is 102 cm³/mol. The molecule has 1 aliphatic rings. The number of carbonyl (C=O) groups is 2. The molecular formula is C20H26N4O2. The second-order valence-corrected chi connectivity index (χ2v) is 8.00. The zero-order valence-electron chi connectivity index (χ0n) is 15.7. The van der Waals surface area contributed by atoms with Gasteiger partial charge in [-0.3, -0.25) is 19.6 Å². The summed E-state index contributed by atoms with van der Waals surface area (Å²) in [5.41, 5.74) is 2.21. The van der Waals surface area contributed by atoms with Crippen molar-refractivity contribution in [2.24, 2.45) is 11.3 Å². The number of nitrogens with one attached hydrogen (secondary N) is 1. The van der Waals surface area contributed by atoms with Gasteiger partial charge in [-0.2, -0.15) is 0 Å². The summed E-state index contributed by atoms with van der Waals surface area (Å²) >= 11 is 0. The molecule has 2 aromatic rings. The Kier molecular flexibility index (Phi) is 5.20. The molecule has 2 amide bonds. The number of hydrogen-bond donors (Lipinski definition) is 1. The molecule has 6 nitrogen and oxygen atoms in total. The Balaban J connectivity index is 1.64. The molecule has 1 N–H and O–H groups in total. The van der Waals surface area contributed by atoms with E-state index >= 15 is 0 Å².